The van der Waals surface area contributed by atoms with Crippen molar-refractivity contribution in [2.45, 2.75) is 56.9 Å². The van der Waals surface area contributed by atoms with Crippen LogP contribution in [0.3, 0.4) is 0 Å². The van der Waals surface area contributed by atoms with Gasteiger partial charge in [0.2, 0.25) is 5.91 Å². The molecule has 2 fully saturated rings. The van der Waals surface area contributed by atoms with Crippen molar-refractivity contribution in [1.82, 2.24) is 24.8 Å². The molecule has 1 atom stereocenters. The molecule has 3 aliphatic rings. The average Bonchev–Trinajstić information content (AvgIpc) is 3.70. The Hall–Kier alpha value is -3.49. The zero-order valence-corrected chi connectivity index (χ0v) is 21.1. The minimum Gasteiger partial charge on any atom is -0.363 e. The number of anilines is 1. The lowest BCUT2D eigenvalue weighted by molar-refractivity contribution is -0.120. The fourth-order valence-corrected chi connectivity index (χ4v) is 5.63. The van der Waals surface area contributed by atoms with Crippen LogP contribution in [0.15, 0.2) is 30.8 Å². The van der Waals surface area contributed by atoms with E-state index in [1.807, 2.05) is 18.0 Å². The number of benzene rings is 1. The summed E-state index contributed by atoms with van der Waals surface area (Å²) in [6.07, 6.45) is 5.44. The summed E-state index contributed by atoms with van der Waals surface area (Å²) in [6, 6.07) is 6.28. The van der Waals surface area contributed by atoms with E-state index in [0.717, 1.165) is 42.8 Å². The summed E-state index contributed by atoms with van der Waals surface area (Å²) in [5.41, 5.74) is 3.61. The number of hydrogen-bond acceptors (Lipinski definition) is 5. The maximum absolute atomic E-state index is 16.1. The molecule has 0 spiro atoms. The lowest BCUT2D eigenvalue weighted by Crippen LogP contribution is -2.34. The van der Waals surface area contributed by atoms with Gasteiger partial charge in [0, 0.05) is 62.0 Å². The van der Waals surface area contributed by atoms with Crippen LogP contribution in [0.2, 0.25) is 0 Å². The fourth-order valence-electron chi connectivity index (χ4n) is 5.63. The molecule has 1 saturated carbocycles. The van der Waals surface area contributed by atoms with Gasteiger partial charge in [-0.25, -0.2) is 13.8 Å². The Morgan fingerprint density at radius 1 is 1.08 bits per heavy atom. The Morgan fingerprint density at radius 2 is 1.92 bits per heavy atom. The minimum absolute atomic E-state index is 0.0665. The molecular formula is C28H32F2N6O. The van der Waals surface area contributed by atoms with Crippen molar-refractivity contribution >= 4 is 23.1 Å². The van der Waals surface area contributed by atoms with Crippen LogP contribution in [0.1, 0.15) is 73.0 Å². The van der Waals surface area contributed by atoms with E-state index in [9.17, 15) is 9.18 Å². The van der Waals surface area contributed by atoms with Gasteiger partial charge < -0.3 is 15.1 Å². The molecule has 2 bridgehead atoms. The SMILES string of the molecule is C=C1c2cc(F)ccc2CCC(=O)NCCN(C)c2cc(C3CC3)nc3c(F)c(nn23)C2CCCCN12. The van der Waals surface area contributed by atoms with E-state index in [0.29, 0.717) is 61.8 Å². The standard InChI is InChI=1S/C28H32F2N6O/c1-17-21-15-20(29)10-8-18(21)9-11-24(37)31-12-14-34(2)25-16-22(19-6-7-19)32-28-26(30)27(33-36(25)28)23-5-3-4-13-35(17)23/h8,10,15-16,19,23H,1,3-7,9,11-14H2,2H3,(H,31,37). The van der Waals surface area contributed by atoms with Gasteiger partial charge in [-0.3, -0.25) is 4.79 Å². The fraction of sp³-hybridized carbons (Fsp3) is 0.464. The second kappa shape index (κ2) is 9.43. The van der Waals surface area contributed by atoms with E-state index in [1.165, 1.54) is 12.1 Å². The molecule has 6 rings (SSSR count). The number of amides is 1. The van der Waals surface area contributed by atoms with E-state index in [4.69, 9.17) is 10.1 Å². The summed E-state index contributed by atoms with van der Waals surface area (Å²) in [5, 5.41) is 7.77. The molecule has 194 valence electrons. The van der Waals surface area contributed by atoms with Crippen LogP contribution in [0.25, 0.3) is 11.3 Å². The first kappa shape index (κ1) is 23.9. The number of rotatable bonds is 1. The molecule has 1 unspecified atom stereocenters. The highest BCUT2D eigenvalue weighted by Crippen LogP contribution is 2.42. The lowest BCUT2D eigenvalue weighted by atomic mass is 9.94. The third kappa shape index (κ3) is 4.45. The number of carbonyl (C=O) groups excluding carboxylic acids is 1. The molecular weight excluding hydrogens is 474 g/mol. The first-order valence-electron chi connectivity index (χ1n) is 13.2. The second-order valence-electron chi connectivity index (χ2n) is 10.5. The van der Waals surface area contributed by atoms with Crippen LogP contribution in [0, 0.1) is 11.6 Å². The average molecular weight is 507 g/mol. The number of hydrogen-bond donors (Lipinski definition) is 1. The third-order valence-corrected chi connectivity index (χ3v) is 7.88. The summed E-state index contributed by atoms with van der Waals surface area (Å²) in [4.78, 5) is 21.4. The maximum Gasteiger partial charge on any atom is 0.220 e. The number of nitrogens with one attached hydrogen (secondary N) is 1. The number of aromatic nitrogens is 3. The van der Waals surface area contributed by atoms with Crippen LogP contribution in [-0.4, -0.2) is 52.1 Å². The molecule has 2 aliphatic heterocycles. The summed E-state index contributed by atoms with van der Waals surface area (Å²) in [6.45, 7) is 5.98. The number of carbonyl (C=O) groups is 1. The van der Waals surface area contributed by atoms with Gasteiger partial charge >= 0.3 is 0 Å². The lowest BCUT2D eigenvalue weighted by Gasteiger charge is -2.38. The number of halogens is 2. The normalized spacial score (nSPS) is 21.2. The molecule has 9 heteroatoms. The minimum atomic E-state index is -0.404. The topological polar surface area (TPSA) is 65.8 Å². The van der Waals surface area contributed by atoms with E-state index < -0.39 is 5.82 Å². The van der Waals surface area contributed by atoms with Crippen LogP contribution in [0.5, 0.6) is 0 Å². The summed E-state index contributed by atoms with van der Waals surface area (Å²) < 4.78 is 32.1. The molecule has 1 aliphatic carbocycles. The summed E-state index contributed by atoms with van der Waals surface area (Å²) in [7, 11) is 1.93. The largest absolute Gasteiger partial charge is 0.363 e. The number of nitrogens with zero attached hydrogens (tertiary/aromatic N) is 5. The van der Waals surface area contributed by atoms with Gasteiger partial charge in [-0.1, -0.05) is 12.6 Å². The van der Waals surface area contributed by atoms with Crippen LogP contribution in [-0.2, 0) is 11.2 Å². The Morgan fingerprint density at radius 3 is 2.73 bits per heavy atom. The molecule has 0 radical (unpaired) electrons. The van der Waals surface area contributed by atoms with Gasteiger partial charge in [0.05, 0.1) is 6.04 Å². The van der Waals surface area contributed by atoms with E-state index in [-0.39, 0.29) is 23.4 Å². The molecule has 37 heavy (non-hydrogen) atoms. The number of aryl methyl sites for hydroxylation is 1. The second-order valence-corrected chi connectivity index (χ2v) is 10.5. The highest BCUT2D eigenvalue weighted by Gasteiger charge is 2.34. The molecule has 3 aromatic rings. The highest BCUT2D eigenvalue weighted by atomic mass is 19.1. The van der Waals surface area contributed by atoms with Gasteiger partial charge in [0.15, 0.2) is 11.5 Å². The van der Waals surface area contributed by atoms with Gasteiger partial charge in [-0.15, -0.1) is 0 Å². The zero-order valence-electron chi connectivity index (χ0n) is 21.1. The quantitative estimate of drug-likeness (QED) is 0.523. The monoisotopic (exact) mass is 506 g/mol. The van der Waals surface area contributed by atoms with Gasteiger partial charge in [-0.2, -0.15) is 9.61 Å². The van der Waals surface area contributed by atoms with Gasteiger partial charge in [-0.05, 0) is 56.2 Å². The van der Waals surface area contributed by atoms with Crippen molar-refractivity contribution in [3.05, 3.63) is 65.0 Å². The van der Waals surface area contributed by atoms with Crippen LogP contribution in [0.4, 0.5) is 14.6 Å². The Balaban J connectivity index is 1.51. The Kier molecular flexibility index (Phi) is 6.09. The number of fused-ring (bicyclic) bond motifs is 4. The number of likely N-dealkylation sites (N-methyl/N-ethyl adjacent to an activating group) is 1. The van der Waals surface area contributed by atoms with Gasteiger partial charge in [0.25, 0.3) is 0 Å². The zero-order chi connectivity index (χ0) is 25.7. The molecule has 1 aromatic carbocycles. The molecule has 1 saturated heterocycles. The highest BCUT2D eigenvalue weighted by molar-refractivity contribution is 5.76. The van der Waals surface area contributed by atoms with Crippen molar-refractivity contribution in [2.24, 2.45) is 0 Å². The van der Waals surface area contributed by atoms with Crippen molar-refractivity contribution in [2.75, 3.05) is 31.6 Å². The summed E-state index contributed by atoms with van der Waals surface area (Å²) >= 11 is 0. The number of piperidine rings is 1. The molecule has 1 amide bonds. The van der Waals surface area contributed by atoms with Crippen molar-refractivity contribution in [1.29, 1.82) is 0 Å². The maximum atomic E-state index is 16.1. The van der Waals surface area contributed by atoms with Crippen LogP contribution < -0.4 is 10.2 Å². The van der Waals surface area contributed by atoms with Crippen molar-refractivity contribution in [3.8, 4) is 0 Å². The Labute approximate surface area is 215 Å². The Bertz CT molecular complexity index is 1380. The van der Waals surface area contributed by atoms with E-state index in [1.54, 1.807) is 10.6 Å². The molecule has 7 nitrogen and oxygen atoms in total. The first-order chi connectivity index (χ1) is 17.9. The van der Waals surface area contributed by atoms with Gasteiger partial charge in [0.1, 0.15) is 17.3 Å². The third-order valence-electron chi connectivity index (χ3n) is 7.88. The van der Waals surface area contributed by atoms with Crippen molar-refractivity contribution in [3.63, 3.8) is 0 Å². The molecule has 1 N–H and O–H groups in total. The van der Waals surface area contributed by atoms with Crippen LogP contribution >= 0.6 is 0 Å². The smallest absolute Gasteiger partial charge is 0.220 e. The molecule has 2 aromatic heterocycles. The predicted molar refractivity (Wildman–Crippen MR) is 138 cm³/mol. The van der Waals surface area contributed by atoms with Crippen molar-refractivity contribution < 1.29 is 13.6 Å². The summed E-state index contributed by atoms with van der Waals surface area (Å²) in [5.74, 6) is 0.269. The predicted octanol–water partition coefficient (Wildman–Crippen LogP) is 4.58. The van der Waals surface area contributed by atoms with E-state index >= 15 is 4.39 Å². The first-order valence-corrected chi connectivity index (χ1v) is 13.2. The molecule has 4 heterocycles. The van der Waals surface area contributed by atoms with E-state index in [2.05, 4.69) is 16.8 Å².